The van der Waals surface area contributed by atoms with Crippen molar-refractivity contribution in [3.05, 3.63) is 87.2 Å². The van der Waals surface area contributed by atoms with E-state index in [4.69, 9.17) is 0 Å². The molecule has 1 N–H and O–H groups in total. The van der Waals surface area contributed by atoms with Crippen LogP contribution < -0.4 is 10.3 Å². The van der Waals surface area contributed by atoms with Crippen molar-refractivity contribution in [2.45, 2.75) is 11.4 Å². The molecule has 150 valence electrons. The number of hydrogen-bond donors (Lipinski definition) is 1. The number of non-ortho nitro benzene ring substituents is 1. The van der Waals surface area contributed by atoms with Crippen molar-refractivity contribution in [1.29, 1.82) is 0 Å². The third-order valence-corrected chi connectivity index (χ3v) is 5.46. The number of nitrogens with zero attached hydrogens (tertiary/aromatic N) is 3. The van der Waals surface area contributed by atoms with E-state index in [0.29, 0.717) is 11.3 Å². The number of rotatable bonds is 7. The second kappa shape index (κ2) is 8.29. The van der Waals surface area contributed by atoms with Crippen molar-refractivity contribution in [2.75, 3.05) is 6.54 Å². The van der Waals surface area contributed by atoms with Crippen LogP contribution in [0, 0.1) is 15.9 Å². The van der Waals surface area contributed by atoms with Gasteiger partial charge in [-0.3, -0.25) is 19.5 Å². The van der Waals surface area contributed by atoms with Gasteiger partial charge in [-0.25, -0.2) is 22.5 Å². The molecule has 1 aromatic heterocycles. The van der Waals surface area contributed by atoms with E-state index in [1.165, 1.54) is 59.4 Å². The normalized spacial score (nSPS) is 11.3. The third-order valence-electron chi connectivity index (χ3n) is 4.00. The number of nitro groups is 1. The molecule has 1 heterocycles. The lowest BCUT2D eigenvalue weighted by molar-refractivity contribution is -0.385. The van der Waals surface area contributed by atoms with E-state index in [2.05, 4.69) is 9.71 Å². The van der Waals surface area contributed by atoms with E-state index < -0.39 is 26.3 Å². The Morgan fingerprint density at radius 1 is 1.14 bits per heavy atom. The lowest BCUT2D eigenvalue weighted by Crippen LogP contribution is -2.31. The smallest absolute Gasteiger partial charge is 0.270 e. The Kier molecular flexibility index (Phi) is 5.80. The van der Waals surface area contributed by atoms with Crippen LogP contribution in [0.1, 0.15) is 0 Å². The molecule has 2 aromatic carbocycles. The summed E-state index contributed by atoms with van der Waals surface area (Å²) < 4.78 is 41.1. The molecule has 3 aromatic rings. The van der Waals surface area contributed by atoms with Gasteiger partial charge < -0.3 is 0 Å². The standard InChI is InChI=1S/C18H15FN4O5S/c19-14-6-4-13(5-7-14)17-11-18(24)22(12-20-17)9-8-21-29(27,28)16-3-1-2-15(10-16)23(25)26/h1-7,10-12,21H,8-9H2. The number of benzene rings is 2. The molecule has 29 heavy (non-hydrogen) atoms. The number of sulfonamides is 1. The van der Waals surface area contributed by atoms with E-state index in [1.54, 1.807) is 0 Å². The van der Waals surface area contributed by atoms with Crippen molar-refractivity contribution in [3.63, 3.8) is 0 Å². The van der Waals surface area contributed by atoms with Gasteiger partial charge in [-0.2, -0.15) is 0 Å². The van der Waals surface area contributed by atoms with Crippen molar-refractivity contribution in [2.24, 2.45) is 0 Å². The maximum Gasteiger partial charge on any atom is 0.270 e. The first-order valence-electron chi connectivity index (χ1n) is 8.33. The zero-order chi connectivity index (χ0) is 21.0. The fourth-order valence-electron chi connectivity index (χ4n) is 2.52. The summed E-state index contributed by atoms with van der Waals surface area (Å²) in [4.78, 5) is 26.2. The second-order valence-corrected chi connectivity index (χ2v) is 7.73. The van der Waals surface area contributed by atoms with Gasteiger partial charge in [0.1, 0.15) is 5.82 Å². The van der Waals surface area contributed by atoms with E-state index in [9.17, 15) is 27.7 Å². The zero-order valence-electron chi connectivity index (χ0n) is 14.9. The molecule has 0 aliphatic rings. The lowest BCUT2D eigenvalue weighted by atomic mass is 10.1. The fraction of sp³-hybridized carbons (Fsp3) is 0.111. The van der Waals surface area contributed by atoms with E-state index in [1.807, 2.05) is 0 Å². The topological polar surface area (TPSA) is 124 Å². The monoisotopic (exact) mass is 418 g/mol. The van der Waals surface area contributed by atoms with Crippen LogP contribution in [0.15, 0.2) is 70.6 Å². The van der Waals surface area contributed by atoms with Crippen LogP contribution >= 0.6 is 0 Å². The molecule has 0 bridgehead atoms. The Labute approximate surface area is 164 Å². The first-order chi connectivity index (χ1) is 13.8. The quantitative estimate of drug-likeness (QED) is 0.462. The summed E-state index contributed by atoms with van der Waals surface area (Å²) in [6.07, 6.45) is 1.27. The SMILES string of the molecule is O=c1cc(-c2ccc(F)cc2)ncn1CCNS(=O)(=O)c1cccc([N+](=O)[O-])c1. The molecular formula is C18H15FN4O5S. The van der Waals surface area contributed by atoms with Gasteiger partial charge in [-0.1, -0.05) is 6.07 Å². The van der Waals surface area contributed by atoms with Crippen LogP contribution in [0.3, 0.4) is 0 Å². The number of nitrogens with one attached hydrogen (secondary N) is 1. The Hall–Kier alpha value is -3.44. The highest BCUT2D eigenvalue weighted by Gasteiger charge is 2.17. The summed E-state index contributed by atoms with van der Waals surface area (Å²) in [5.41, 5.74) is 0.184. The predicted octanol–water partition coefficient (Wildman–Crippen LogP) is 1.94. The second-order valence-electron chi connectivity index (χ2n) is 5.96. The van der Waals surface area contributed by atoms with Crippen LogP contribution in [-0.4, -0.2) is 29.4 Å². The summed E-state index contributed by atoms with van der Waals surface area (Å²) in [7, 11) is -3.98. The van der Waals surface area contributed by atoms with Gasteiger partial charge in [0.2, 0.25) is 10.0 Å². The molecule has 0 aliphatic carbocycles. The van der Waals surface area contributed by atoms with Gasteiger partial charge >= 0.3 is 0 Å². The average Bonchev–Trinajstić information content (AvgIpc) is 2.70. The first kappa shape index (κ1) is 20.3. The van der Waals surface area contributed by atoms with E-state index in [-0.39, 0.29) is 23.7 Å². The molecule has 0 amide bonds. The predicted molar refractivity (Wildman–Crippen MR) is 102 cm³/mol. The molecule has 0 saturated carbocycles. The van der Waals surface area contributed by atoms with Gasteiger partial charge in [0.25, 0.3) is 11.2 Å². The molecule has 0 aliphatic heterocycles. The molecule has 0 unspecified atom stereocenters. The van der Waals surface area contributed by atoms with Crippen molar-refractivity contribution >= 4 is 15.7 Å². The van der Waals surface area contributed by atoms with Crippen LogP contribution in [0.5, 0.6) is 0 Å². The molecule has 0 spiro atoms. The third kappa shape index (κ3) is 4.89. The van der Waals surface area contributed by atoms with Crippen LogP contribution in [0.2, 0.25) is 0 Å². The molecular weight excluding hydrogens is 403 g/mol. The molecule has 0 saturated heterocycles. The van der Waals surface area contributed by atoms with Gasteiger partial charge in [-0.15, -0.1) is 0 Å². The zero-order valence-corrected chi connectivity index (χ0v) is 15.7. The van der Waals surface area contributed by atoms with Gasteiger partial charge in [0, 0.05) is 36.9 Å². The minimum absolute atomic E-state index is 0.00366. The lowest BCUT2D eigenvalue weighted by Gasteiger charge is -2.09. The minimum Gasteiger partial charge on any atom is -0.298 e. The summed E-state index contributed by atoms with van der Waals surface area (Å²) in [5, 5.41) is 10.8. The van der Waals surface area contributed by atoms with Gasteiger partial charge in [0.05, 0.1) is 21.8 Å². The summed E-state index contributed by atoms with van der Waals surface area (Å²) in [5.74, 6) is -0.405. The van der Waals surface area contributed by atoms with Crippen LogP contribution in [0.25, 0.3) is 11.3 Å². The maximum absolute atomic E-state index is 13.0. The van der Waals surface area contributed by atoms with Gasteiger partial charge in [-0.05, 0) is 30.3 Å². The molecule has 0 radical (unpaired) electrons. The molecule has 9 nitrogen and oxygen atoms in total. The highest BCUT2D eigenvalue weighted by atomic mass is 32.2. The Balaban J connectivity index is 1.68. The molecule has 3 rings (SSSR count). The Bertz CT molecular complexity index is 1210. The Morgan fingerprint density at radius 2 is 1.86 bits per heavy atom. The fourth-order valence-corrected chi connectivity index (χ4v) is 3.58. The van der Waals surface area contributed by atoms with Crippen LogP contribution in [-0.2, 0) is 16.6 Å². The first-order valence-corrected chi connectivity index (χ1v) is 9.81. The maximum atomic E-state index is 13.0. The average molecular weight is 418 g/mol. The summed E-state index contributed by atoms with van der Waals surface area (Å²) >= 11 is 0. The van der Waals surface area contributed by atoms with Gasteiger partial charge in [0.15, 0.2) is 0 Å². The summed E-state index contributed by atoms with van der Waals surface area (Å²) in [6.45, 7) is -0.119. The number of hydrogen-bond acceptors (Lipinski definition) is 6. The van der Waals surface area contributed by atoms with E-state index in [0.717, 1.165) is 6.07 Å². The van der Waals surface area contributed by atoms with Crippen molar-refractivity contribution in [1.82, 2.24) is 14.3 Å². The van der Waals surface area contributed by atoms with Crippen molar-refractivity contribution in [3.8, 4) is 11.3 Å². The number of nitro benzene ring substituents is 1. The highest BCUT2D eigenvalue weighted by molar-refractivity contribution is 7.89. The number of aromatic nitrogens is 2. The van der Waals surface area contributed by atoms with E-state index >= 15 is 0 Å². The largest absolute Gasteiger partial charge is 0.298 e. The van der Waals surface area contributed by atoms with Crippen LogP contribution in [0.4, 0.5) is 10.1 Å². The summed E-state index contributed by atoms with van der Waals surface area (Å²) in [6, 6.07) is 11.4. The minimum atomic E-state index is -3.98. The molecule has 0 atom stereocenters. The Morgan fingerprint density at radius 3 is 2.52 bits per heavy atom. The molecule has 11 heteroatoms. The molecule has 0 fully saturated rings. The van der Waals surface area contributed by atoms with Crippen molar-refractivity contribution < 1.29 is 17.7 Å². The number of halogens is 1. The highest BCUT2D eigenvalue weighted by Crippen LogP contribution is 2.17.